The summed E-state index contributed by atoms with van der Waals surface area (Å²) in [5, 5.41) is 10.4. The van der Waals surface area contributed by atoms with Crippen molar-refractivity contribution in [2.24, 2.45) is 0 Å². The minimum Gasteiger partial charge on any atom is -0.208 e. The molecule has 0 N–H and O–H groups in total. The summed E-state index contributed by atoms with van der Waals surface area (Å²) >= 11 is 0. The molecule has 0 bridgehead atoms. The minimum atomic E-state index is -0.534. The van der Waals surface area contributed by atoms with Crippen LogP contribution in [-0.4, -0.2) is 15.0 Å². The normalized spacial score (nSPS) is 12.7. The number of hydrogen-bond acceptors (Lipinski definition) is 4. The fourth-order valence-corrected chi connectivity index (χ4v) is 9.09. The summed E-state index contributed by atoms with van der Waals surface area (Å²) in [5.41, 5.74) is 16.8. The standard InChI is InChI=1S/C53H32N4/c54-33-41-19-12-24-47-49(41)44-30-29-39(32-48(44)53(47)45-22-9-7-20-42(45)43-21-8-10-23-46(43)53)35-25-27-37(28-26-35)51-55-50(36-15-5-2-6-16-36)56-52(57-51)40-18-11-17-38(31-40)34-13-3-1-4-14-34/h1-32H. The van der Waals surface area contributed by atoms with Gasteiger partial charge in [-0.25, -0.2) is 15.0 Å². The van der Waals surface area contributed by atoms with Gasteiger partial charge in [0.25, 0.3) is 0 Å². The molecular weight excluding hydrogens is 693 g/mol. The fourth-order valence-electron chi connectivity index (χ4n) is 9.09. The first kappa shape index (κ1) is 32.7. The highest BCUT2D eigenvalue weighted by Crippen LogP contribution is 2.63. The van der Waals surface area contributed by atoms with Crippen LogP contribution in [0.25, 0.3) is 78.7 Å². The molecule has 57 heavy (non-hydrogen) atoms. The van der Waals surface area contributed by atoms with E-state index in [0.29, 0.717) is 23.0 Å². The van der Waals surface area contributed by atoms with Gasteiger partial charge in [0.05, 0.1) is 17.0 Å². The first-order valence-corrected chi connectivity index (χ1v) is 19.2. The summed E-state index contributed by atoms with van der Waals surface area (Å²) in [7, 11) is 0. The van der Waals surface area contributed by atoms with Crippen molar-refractivity contribution in [3.63, 3.8) is 0 Å². The molecule has 2 aliphatic rings. The maximum Gasteiger partial charge on any atom is 0.164 e. The van der Waals surface area contributed by atoms with Gasteiger partial charge in [-0.05, 0) is 79.4 Å². The van der Waals surface area contributed by atoms with E-state index in [1.165, 1.54) is 27.8 Å². The second-order valence-electron chi connectivity index (χ2n) is 14.6. The van der Waals surface area contributed by atoms with Crippen LogP contribution in [0.15, 0.2) is 194 Å². The van der Waals surface area contributed by atoms with Crippen molar-refractivity contribution >= 4 is 0 Å². The highest BCUT2D eigenvalue weighted by atomic mass is 15.0. The lowest BCUT2D eigenvalue weighted by Gasteiger charge is -2.30. The zero-order valence-electron chi connectivity index (χ0n) is 30.8. The predicted octanol–water partition coefficient (Wildman–Crippen LogP) is 12.4. The third kappa shape index (κ3) is 5.03. The molecule has 1 aromatic heterocycles. The lowest BCUT2D eigenvalue weighted by atomic mass is 9.70. The Morgan fingerprint density at radius 3 is 1.46 bits per heavy atom. The van der Waals surface area contributed by atoms with Gasteiger partial charge in [0.2, 0.25) is 0 Å². The van der Waals surface area contributed by atoms with Crippen LogP contribution in [-0.2, 0) is 5.41 Å². The zero-order chi connectivity index (χ0) is 37.9. The largest absolute Gasteiger partial charge is 0.208 e. The first-order valence-electron chi connectivity index (χ1n) is 19.2. The maximum absolute atomic E-state index is 10.4. The van der Waals surface area contributed by atoms with Crippen LogP contribution in [0.3, 0.4) is 0 Å². The first-order chi connectivity index (χ1) is 28.2. The summed E-state index contributed by atoms with van der Waals surface area (Å²) in [5.74, 6) is 1.86. The van der Waals surface area contributed by atoms with Crippen LogP contribution in [0, 0.1) is 11.3 Å². The van der Waals surface area contributed by atoms with E-state index in [1.54, 1.807) is 0 Å². The van der Waals surface area contributed by atoms with Crippen LogP contribution in [0.1, 0.15) is 27.8 Å². The summed E-state index contributed by atoms with van der Waals surface area (Å²) in [4.78, 5) is 15.1. The molecule has 0 aliphatic heterocycles. The van der Waals surface area contributed by atoms with E-state index in [4.69, 9.17) is 15.0 Å². The Kier molecular flexibility index (Phi) is 7.42. The van der Waals surface area contributed by atoms with E-state index in [1.807, 2.05) is 48.5 Å². The second kappa shape index (κ2) is 12.9. The van der Waals surface area contributed by atoms with Gasteiger partial charge in [0.15, 0.2) is 17.5 Å². The SMILES string of the molecule is N#Cc1cccc2c1-c1ccc(-c3ccc(-c4nc(-c5ccccc5)nc(-c5cccc(-c6ccccc6)c5)n4)cc3)cc1C21c2ccccc2-c2ccccc21. The molecule has 4 heteroatoms. The van der Waals surface area contributed by atoms with Gasteiger partial charge in [-0.1, -0.05) is 176 Å². The average molecular weight is 725 g/mol. The van der Waals surface area contributed by atoms with Crippen LogP contribution >= 0.6 is 0 Å². The second-order valence-corrected chi connectivity index (χ2v) is 14.6. The van der Waals surface area contributed by atoms with Crippen molar-refractivity contribution in [3.05, 3.63) is 222 Å². The highest BCUT2D eigenvalue weighted by molar-refractivity contribution is 5.97. The lowest BCUT2D eigenvalue weighted by molar-refractivity contribution is 0.794. The average Bonchev–Trinajstić information content (AvgIpc) is 3.77. The van der Waals surface area contributed by atoms with Crippen molar-refractivity contribution in [1.82, 2.24) is 15.0 Å². The van der Waals surface area contributed by atoms with Crippen LogP contribution in [0.2, 0.25) is 0 Å². The van der Waals surface area contributed by atoms with E-state index in [-0.39, 0.29) is 0 Å². The van der Waals surface area contributed by atoms with Gasteiger partial charge in [0.1, 0.15) is 0 Å². The monoisotopic (exact) mass is 724 g/mol. The Labute approximate surface area is 331 Å². The smallest absolute Gasteiger partial charge is 0.164 e. The van der Waals surface area contributed by atoms with E-state index >= 15 is 0 Å². The molecule has 0 amide bonds. The molecule has 0 fully saturated rings. The fraction of sp³-hybridized carbons (Fsp3) is 0.0189. The Balaban J connectivity index is 1.03. The van der Waals surface area contributed by atoms with Crippen molar-refractivity contribution in [2.75, 3.05) is 0 Å². The maximum atomic E-state index is 10.4. The van der Waals surface area contributed by atoms with Crippen LogP contribution in [0.5, 0.6) is 0 Å². The molecule has 2 aliphatic carbocycles. The number of aromatic nitrogens is 3. The van der Waals surface area contributed by atoms with Gasteiger partial charge in [0, 0.05) is 22.3 Å². The van der Waals surface area contributed by atoms with E-state index < -0.39 is 5.41 Å². The van der Waals surface area contributed by atoms with Gasteiger partial charge >= 0.3 is 0 Å². The van der Waals surface area contributed by atoms with Crippen LogP contribution < -0.4 is 0 Å². The molecule has 0 atom stereocenters. The van der Waals surface area contributed by atoms with Crippen LogP contribution in [0.4, 0.5) is 0 Å². The Hall–Kier alpha value is -7.74. The van der Waals surface area contributed by atoms with Crippen molar-refractivity contribution in [3.8, 4) is 84.7 Å². The van der Waals surface area contributed by atoms with Gasteiger partial charge in [-0.3, -0.25) is 0 Å². The molecule has 0 saturated carbocycles. The van der Waals surface area contributed by atoms with Gasteiger partial charge in [-0.2, -0.15) is 5.26 Å². The summed E-state index contributed by atoms with van der Waals surface area (Å²) in [6, 6.07) is 70.3. The number of nitrogens with zero attached hydrogens (tertiary/aromatic N) is 4. The summed E-state index contributed by atoms with van der Waals surface area (Å²) in [6.45, 7) is 0. The molecule has 0 radical (unpaired) electrons. The minimum absolute atomic E-state index is 0.534. The molecule has 11 rings (SSSR count). The van der Waals surface area contributed by atoms with Crippen molar-refractivity contribution in [2.45, 2.75) is 5.41 Å². The third-order valence-corrected chi connectivity index (χ3v) is 11.6. The third-order valence-electron chi connectivity index (χ3n) is 11.6. The molecule has 1 heterocycles. The zero-order valence-corrected chi connectivity index (χ0v) is 30.8. The van der Waals surface area contributed by atoms with Crippen molar-refractivity contribution in [1.29, 1.82) is 5.26 Å². The molecule has 8 aromatic carbocycles. The number of hydrogen-bond donors (Lipinski definition) is 0. The highest BCUT2D eigenvalue weighted by Gasteiger charge is 2.52. The lowest BCUT2D eigenvalue weighted by Crippen LogP contribution is -2.25. The van der Waals surface area contributed by atoms with Gasteiger partial charge < -0.3 is 0 Å². The number of rotatable bonds is 5. The van der Waals surface area contributed by atoms with E-state index in [0.717, 1.165) is 55.6 Å². The Morgan fingerprint density at radius 1 is 0.333 bits per heavy atom. The molecule has 0 saturated heterocycles. The summed E-state index contributed by atoms with van der Waals surface area (Å²) < 4.78 is 0. The van der Waals surface area contributed by atoms with Gasteiger partial charge in [-0.15, -0.1) is 0 Å². The molecule has 9 aromatic rings. The Bertz CT molecular complexity index is 3030. The molecule has 264 valence electrons. The molecular formula is C53H32N4. The predicted molar refractivity (Wildman–Crippen MR) is 228 cm³/mol. The Morgan fingerprint density at radius 2 is 0.789 bits per heavy atom. The number of nitriles is 1. The number of benzene rings is 8. The molecule has 1 spiro atoms. The molecule has 4 nitrogen and oxygen atoms in total. The molecule has 0 unspecified atom stereocenters. The summed E-state index contributed by atoms with van der Waals surface area (Å²) in [6.07, 6.45) is 0. The van der Waals surface area contributed by atoms with E-state index in [2.05, 4.69) is 152 Å². The number of fused-ring (bicyclic) bond motifs is 10. The van der Waals surface area contributed by atoms with Crippen molar-refractivity contribution < 1.29 is 0 Å². The topological polar surface area (TPSA) is 62.5 Å². The quantitative estimate of drug-likeness (QED) is 0.177. The van der Waals surface area contributed by atoms with E-state index in [9.17, 15) is 5.26 Å².